The van der Waals surface area contributed by atoms with E-state index in [2.05, 4.69) is 0 Å². The van der Waals surface area contributed by atoms with Gasteiger partial charge in [0.2, 0.25) is 0 Å². The quantitative estimate of drug-likeness (QED) is 0.701. The molecule has 0 saturated heterocycles. The third kappa shape index (κ3) is 1.67. The van der Waals surface area contributed by atoms with Crippen LogP contribution in [-0.4, -0.2) is 0 Å². The molecular formula is C12H5FN2S. The second-order valence-electron chi connectivity index (χ2n) is 3.08. The fourth-order valence-electron chi connectivity index (χ4n) is 1.42. The molecule has 16 heavy (non-hydrogen) atoms. The van der Waals surface area contributed by atoms with E-state index in [9.17, 15) is 4.39 Å². The average Bonchev–Trinajstić information content (AvgIpc) is 2.76. The number of rotatable bonds is 1. The Hall–Kier alpha value is -2.17. The molecule has 0 amide bonds. The summed E-state index contributed by atoms with van der Waals surface area (Å²) in [5.41, 5.74) is 0.203. The first-order chi connectivity index (χ1) is 7.76. The molecule has 4 heteroatoms. The molecule has 0 aliphatic carbocycles. The Morgan fingerprint density at radius 2 is 2.00 bits per heavy atom. The van der Waals surface area contributed by atoms with E-state index in [0.717, 1.165) is 10.1 Å². The number of allylic oxidation sites excluding steroid dienone is 1. The van der Waals surface area contributed by atoms with E-state index in [-0.39, 0.29) is 5.57 Å². The Morgan fingerprint density at radius 1 is 1.25 bits per heavy atom. The summed E-state index contributed by atoms with van der Waals surface area (Å²) in [4.78, 5) is 0. The molecule has 76 valence electrons. The first-order valence-electron chi connectivity index (χ1n) is 4.44. The molecule has 0 fully saturated rings. The fourth-order valence-corrected chi connectivity index (χ4v) is 2.22. The number of fused-ring (bicyclic) bond motifs is 1. The van der Waals surface area contributed by atoms with Crippen LogP contribution >= 0.6 is 11.3 Å². The molecule has 0 atom stereocenters. The van der Waals surface area contributed by atoms with Crippen molar-refractivity contribution in [1.29, 1.82) is 10.5 Å². The molecule has 1 heterocycles. The first kappa shape index (κ1) is 10.4. The highest BCUT2D eigenvalue weighted by molar-refractivity contribution is 7.17. The topological polar surface area (TPSA) is 47.6 Å². The van der Waals surface area contributed by atoms with Crippen LogP contribution in [0.3, 0.4) is 0 Å². The predicted octanol–water partition coefficient (Wildman–Crippen LogP) is 3.47. The van der Waals surface area contributed by atoms with Gasteiger partial charge >= 0.3 is 0 Å². The van der Waals surface area contributed by atoms with Crippen LogP contribution in [0.2, 0.25) is 0 Å². The number of hydrogen-bond acceptors (Lipinski definition) is 3. The lowest BCUT2D eigenvalue weighted by atomic mass is 10.1. The number of nitriles is 2. The van der Waals surface area contributed by atoms with Crippen molar-refractivity contribution in [1.82, 2.24) is 0 Å². The van der Waals surface area contributed by atoms with Crippen LogP contribution in [-0.2, 0) is 0 Å². The maximum Gasteiger partial charge on any atom is 0.131 e. The van der Waals surface area contributed by atoms with E-state index in [0.29, 0.717) is 5.56 Å². The van der Waals surface area contributed by atoms with E-state index < -0.39 is 5.82 Å². The molecule has 0 aliphatic rings. The van der Waals surface area contributed by atoms with Crippen LogP contribution in [0.5, 0.6) is 0 Å². The Labute approximate surface area is 95.5 Å². The van der Waals surface area contributed by atoms with Gasteiger partial charge in [-0.25, -0.2) is 4.39 Å². The second-order valence-corrected chi connectivity index (χ2v) is 4.02. The molecule has 2 nitrogen and oxygen atoms in total. The Bertz CT molecular complexity index is 640. The summed E-state index contributed by atoms with van der Waals surface area (Å²) in [5.74, 6) is -0.422. The zero-order valence-corrected chi connectivity index (χ0v) is 8.88. The number of nitrogens with zero attached hydrogens (tertiary/aromatic N) is 2. The highest BCUT2D eigenvalue weighted by atomic mass is 32.1. The summed E-state index contributed by atoms with van der Waals surface area (Å²) in [6, 6.07) is 8.25. The summed E-state index contributed by atoms with van der Waals surface area (Å²) in [7, 11) is 0. The third-order valence-electron chi connectivity index (χ3n) is 2.15. The summed E-state index contributed by atoms with van der Waals surface area (Å²) in [6.45, 7) is 0. The molecule has 0 saturated carbocycles. The molecule has 0 N–H and O–H groups in total. The summed E-state index contributed by atoms with van der Waals surface area (Å²) in [5, 5.41) is 19.9. The lowest BCUT2D eigenvalue weighted by Crippen LogP contribution is -1.84. The van der Waals surface area contributed by atoms with Crippen molar-refractivity contribution in [3.63, 3.8) is 0 Å². The van der Waals surface area contributed by atoms with Crippen molar-refractivity contribution in [3.05, 3.63) is 40.5 Å². The first-order valence-corrected chi connectivity index (χ1v) is 5.32. The number of benzene rings is 1. The van der Waals surface area contributed by atoms with Gasteiger partial charge in [-0.05, 0) is 29.7 Å². The molecule has 2 aromatic rings. The van der Waals surface area contributed by atoms with Crippen LogP contribution in [0.25, 0.3) is 16.2 Å². The molecule has 1 aromatic carbocycles. The van der Waals surface area contributed by atoms with E-state index in [1.807, 2.05) is 5.38 Å². The van der Waals surface area contributed by atoms with Gasteiger partial charge < -0.3 is 0 Å². The van der Waals surface area contributed by atoms with Gasteiger partial charge in [-0.3, -0.25) is 0 Å². The second kappa shape index (κ2) is 4.14. The summed E-state index contributed by atoms with van der Waals surface area (Å²) >= 11 is 1.49. The summed E-state index contributed by atoms with van der Waals surface area (Å²) < 4.78 is 14.5. The van der Waals surface area contributed by atoms with Crippen molar-refractivity contribution in [3.8, 4) is 12.1 Å². The molecule has 0 unspecified atom stereocenters. The van der Waals surface area contributed by atoms with Crippen LogP contribution in [0, 0.1) is 28.5 Å². The van der Waals surface area contributed by atoms with Gasteiger partial charge in [-0.15, -0.1) is 11.3 Å². The Kier molecular flexibility index (Phi) is 2.68. The standard InChI is InChI=1S/C12H5FN2S/c13-11-1-2-12-9(3-4-16-12)10(11)5-8(6-14)7-15/h1-5H. The molecule has 0 radical (unpaired) electrons. The largest absolute Gasteiger partial charge is 0.206 e. The van der Waals surface area contributed by atoms with Gasteiger partial charge in [0.15, 0.2) is 0 Å². The van der Waals surface area contributed by atoms with Crippen LogP contribution in [0.15, 0.2) is 29.2 Å². The highest BCUT2D eigenvalue weighted by Gasteiger charge is 2.07. The fraction of sp³-hybridized carbons (Fsp3) is 0. The number of halogens is 1. The van der Waals surface area contributed by atoms with E-state index in [4.69, 9.17) is 10.5 Å². The minimum absolute atomic E-state index is 0.0994. The SMILES string of the molecule is N#CC(C#N)=Cc1c(F)ccc2sccc12. The van der Waals surface area contributed by atoms with E-state index in [1.165, 1.54) is 23.5 Å². The van der Waals surface area contributed by atoms with Crippen molar-refractivity contribution in [2.45, 2.75) is 0 Å². The van der Waals surface area contributed by atoms with Crippen LogP contribution in [0.4, 0.5) is 4.39 Å². The van der Waals surface area contributed by atoms with Crippen LogP contribution < -0.4 is 0 Å². The van der Waals surface area contributed by atoms with Gasteiger partial charge in [-0.2, -0.15) is 10.5 Å². The van der Waals surface area contributed by atoms with Crippen LogP contribution in [0.1, 0.15) is 5.56 Å². The third-order valence-corrected chi connectivity index (χ3v) is 3.04. The molecule has 0 bridgehead atoms. The number of thiophene rings is 1. The van der Waals surface area contributed by atoms with Gasteiger partial charge in [-0.1, -0.05) is 0 Å². The van der Waals surface area contributed by atoms with Crippen molar-refractivity contribution < 1.29 is 4.39 Å². The van der Waals surface area contributed by atoms with Crippen molar-refractivity contribution in [2.24, 2.45) is 0 Å². The average molecular weight is 228 g/mol. The lowest BCUT2D eigenvalue weighted by molar-refractivity contribution is 0.627. The highest BCUT2D eigenvalue weighted by Crippen LogP contribution is 2.27. The van der Waals surface area contributed by atoms with E-state index in [1.54, 1.807) is 24.3 Å². The molecular weight excluding hydrogens is 223 g/mol. The normalized spacial score (nSPS) is 9.44. The number of hydrogen-bond donors (Lipinski definition) is 0. The Morgan fingerprint density at radius 3 is 2.69 bits per heavy atom. The van der Waals surface area contributed by atoms with Crippen molar-refractivity contribution in [2.75, 3.05) is 0 Å². The van der Waals surface area contributed by atoms with Gasteiger partial charge in [0.25, 0.3) is 0 Å². The molecule has 0 aliphatic heterocycles. The summed E-state index contributed by atoms with van der Waals surface area (Å²) in [6.07, 6.45) is 1.28. The van der Waals surface area contributed by atoms with Gasteiger partial charge in [0.05, 0.1) is 0 Å². The zero-order chi connectivity index (χ0) is 11.5. The minimum Gasteiger partial charge on any atom is -0.206 e. The lowest BCUT2D eigenvalue weighted by Gasteiger charge is -1.98. The minimum atomic E-state index is -0.422. The zero-order valence-electron chi connectivity index (χ0n) is 8.07. The molecule has 1 aromatic heterocycles. The van der Waals surface area contributed by atoms with Crippen molar-refractivity contribution >= 4 is 27.5 Å². The van der Waals surface area contributed by atoms with Gasteiger partial charge in [0, 0.05) is 15.6 Å². The molecule has 0 spiro atoms. The smallest absolute Gasteiger partial charge is 0.131 e. The maximum absolute atomic E-state index is 13.6. The predicted molar refractivity (Wildman–Crippen MR) is 61.0 cm³/mol. The molecule has 2 rings (SSSR count). The Balaban J connectivity index is 2.73. The van der Waals surface area contributed by atoms with E-state index >= 15 is 0 Å². The monoisotopic (exact) mass is 228 g/mol. The maximum atomic E-state index is 13.6. The van der Waals surface area contributed by atoms with Gasteiger partial charge in [0.1, 0.15) is 23.5 Å².